The fourth-order valence-electron chi connectivity index (χ4n) is 1.68. The Labute approximate surface area is 133 Å². The molecule has 22 heavy (non-hydrogen) atoms. The average molecular weight is 340 g/mol. The molecule has 1 heterocycles. The monoisotopic (exact) mass is 340 g/mol. The van der Waals surface area contributed by atoms with Crippen LogP contribution in [0.5, 0.6) is 0 Å². The maximum atomic E-state index is 12.0. The first-order chi connectivity index (χ1) is 10.3. The summed E-state index contributed by atoms with van der Waals surface area (Å²) in [5, 5.41) is 6.00. The van der Waals surface area contributed by atoms with Gasteiger partial charge in [-0.2, -0.15) is 0 Å². The van der Waals surface area contributed by atoms with Gasteiger partial charge in [0.2, 0.25) is 5.91 Å². The van der Waals surface area contributed by atoms with Crippen LogP contribution in [-0.2, 0) is 14.6 Å². The fraction of sp³-hybridized carbons (Fsp3) is 0.286. The van der Waals surface area contributed by atoms with Crippen molar-refractivity contribution in [3.8, 4) is 0 Å². The zero-order valence-electron chi connectivity index (χ0n) is 12.4. The Hall–Kier alpha value is -1.80. The molecule has 0 saturated carbocycles. The highest BCUT2D eigenvalue weighted by molar-refractivity contribution is 8.00. The molecule has 6 nitrogen and oxygen atoms in total. The van der Waals surface area contributed by atoms with Gasteiger partial charge in [0, 0.05) is 17.2 Å². The molecule has 0 radical (unpaired) electrons. The molecule has 0 bridgehead atoms. The van der Waals surface area contributed by atoms with E-state index < -0.39 is 9.84 Å². The van der Waals surface area contributed by atoms with Gasteiger partial charge < -0.3 is 9.84 Å². The van der Waals surface area contributed by atoms with Crippen molar-refractivity contribution in [1.82, 2.24) is 5.16 Å². The van der Waals surface area contributed by atoms with Gasteiger partial charge in [0.1, 0.15) is 5.76 Å². The molecule has 1 atom stereocenters. The average Bonchev–Trinajstić information content (AvgIpc) is 2.83. The third kappa shape index (κ3) is 4.35. The molecule has 1 aromatic heterocycles. The summed E-state index contributed by atoms with van der Waals surface area (Å²) in [4.78, 5) is 13.1. The lowest BCUT2D eigenvalue weighted by Crippen LogP contribution is -2.22. The van der Waals surface area contributed by atoms with E-state index in [4.69, 9.17) is 4.52 Å². The number of aryl methyl sites for hydroxylation is 1. The summed E-state index contributed by atoms with van der Waals surface area (Å²) in [5.74, 6) is 0.792. The van der Waals surface area contributed by atoms with E-state index in [0.29, 0.717) is 11.6 Å². The lowest BCUT2D eigenvalue weighted by atomic mass is 10.4. The Morgan fingerprint density at radius 3 is 2.45 bits per heavy atom. The second kappa shape index (κ2) is 6.53. The van der Waals surface area contributed by atoms with Gasteiger partial charge in [0.25, 0.3) is 0 Å². The minimum Gasteiger partial charge on any atom is -0.360 e. The number of nitrogens with zero attached hydrogens (tertiary/aromatic N) is 1. The summed E-state index contributed by atoms with van der Waals surface area (Å²) in [7, 11) is -3.21. The smallest absolute Gasteiger partial charge is 0.238 e. The van der Waals surface area contributed by atoms with Crippen LogP contribution in [-0.4, -0.2) is 31.0 Å². The Bertz CT molecular complexity index is 766. The van der Waals surface area contributed by atoms with Crippen molar-refractivity contribution in [2.75, 3.05) is 11.6 Å². The van der Waals surface area contributed by atoms with Gasteiger partial charge in [-0.15, -0.1) is 11.8 Å². The van der Waals surface area contributed by atoms with Crippen LogP contribution in [0.1, 0.15) is 12.7 Å². The molecular formula is C14H16N2O4S2. The number of aromatic nitrogens is 1. The molecule has 0 aliphatic rings. The third-order valence-corrected chi connectivity index (χ3v) is 5.05. The molecule has 1 amide bonds. The standard InChI is InChI=1S/C14H16N2O4S2/c1-9-8-13(16-20-9)15-14(17)10(2)21-11-4-6-12(7-5-11)22(3,18)19/h4-8,10H,1-3H3,(H,15,16,17). The third-order valence-electron chi connectivity index (χ3n) is 2.81. The molecule has 1 aromatic carbocycles. The minimum atomic E-state index is -3.21. The maximum absolute atomic E-state index is 12.0. The van der Waals surface area contributed by atoms with E-state index in [1.54, 1.807) is 32.0 Å². The molecular weight excluding hydrogens is 324 g/mol. The summed E-state index contributed by atoms with van der Waals surface area (Å²) in [6, 6.07) is 8.07. The first kappa shape index (κ1) is 16.6. The van der Waals surface area contributed by atoms with E-state index in [2.05, 4.69) is 10.5 Å². The molecule has 1 N–H and O–H groups in total. The number of rotatable bonds is 5. The summed E-state index contributed by atoms with van der Waals surface area (Å²) in [5.41, 5.74) is 0. The summed E-state index contributed by atoms with van der Waals surface area (Å²) >= 11 is 1.33. The largest absolute Gasteiger partial charge is 0.360 e. The first-order valence-electron chi connectivity index (χ1n) is 6.46. The van der Waals surface area contributed by atoms with E-state index in [0.717, 1.165) is 11.2 Å². The van der Waals surface area contributed by atoms with Crippen LogP contribution in [0.25, 0.3) is 0 Å². The molecule has 0 saturated heterocycles. The number of hydrogen-bond acceptors (Lipinski definition) is 6. The quantitative estimate of drug-likeness (QED) is 0.841. The van der Waals surface area contributed by atoms with Gasteiger partial charge in [-0.05, 0) is 38.1 Å². The Morgan fingerprint density at radius 2 is 1.95 bits per heavy atom. The number of hydrogen-bond donors (Lipinski definition) is 1. The highest BCUT2D eigenvalue weighted by Crippen LogP contribution is 2.25. The molecule has 8 heteroatoms. The van der Waals surface area contributed by atoms with Crippen LogP contribution in [0.2, 0.25) is 0 Å². The summed E-state index contributed by atoms with van der Waals surface area (Å²) in [6.07, 6.45) is 1.16. The van der Waals surface area contributed by atoms with Crippen LogP contribution >= 0.6 is 11.8 Å². The second-order valence-electron chi connectivity index (χ2n) is 4.82. The minimum absolute atomic E-state index is 0.203. The van der Waals surface area contributed by atoms with Crippen molar-refractivity contribution in [3.63, 3.8) is 0 Å². The van der Waals surface area contributed by atoms with Gasteiger partial charge in [-0.25, -0.2) is 8.42 Å². The van der Waals surface area contributed by atoms with Gasteiger partial charge >= 0.3 is 0 Å². The Balaban J connectivity index is 1.99. The van der Waals surface area contributed by atoms with Crippen LogP contribution in [0, 0.1) is 6.92 Å². The van der Waals surface area contributed by atoms with Crippen molar-refractivity contribution in [3.05, 3.63) is 36.1 Å². The normalized spacial score (nSPS) is 12.9. The molecule has 0 fully saturated rings. The van der Waals surface area contributed by atoms with Gasteiger partial charge in [0.05, 0.1) is 10.1 Å². The first-order valence-corrected chi connectivity index (χ1v) is 9.24. The number of carbonyl (C=O) groups excluding carboxylic acids is 1. The van der Waals surface area contributed by atoms with Gasteiger partial charge in [-0.1, -0.05) is 5.16 Å². The van der Waals surface area contributed by atoms with E-state index in [1.807, 2.05) is 0 Å². The van der Waals surface area contributed by atoms with Gasteiger partial charge in [0.15, 0.2) is 15.7 Å². The lowest BCUT2D eigenvalue weighted by Gasteiger charge is -2.10. The molecule has 0 spiro atoms. The zero-order valence-corrected chi connectivity index (χ0v) is 14.0. The van der Waals surface area contributed by atoms with Gasteiger partial charge in [-0.3, -0.25) is 4.79 Å². The van der Waals surface area contributed by atoms with Crippen LogP contribution in [0.15, 0.2) is 44.6 Å². The van der Waals surface area contributed by atoms with Crippen molar-refractivity contribution in [2.24, 2.45) is 0 Å². The van der Waals surface area contributed by atoms with E-state index in [9.17, 15) is 13.2 Å². The van der Waals surface area contributed by atoms with Crippen molar-refractivity contribution in [1.29, 1.82) is 0 Å². The number of nitrogens with one attached hydrogen (secondary N) is 1. The summed E-state index contributed by atoms with van der Waals surface area (Å²) < 4.78 is 27.7. The Morgan fingerprint density at radius 1 is 1.32 bits per heavy atom. The fourth-order valence-corrected chi connectivity index (χ4v) is 3.17. The van der Waals surface area contributed by atoms with E-state index >= 15 is 0 Å². The maximum Gasteiger partial charge on any atom is 0.238 e. The molecule has 0 aliphatic carbocycles. The molecule has 2 aromatic rings. The second-order valence-corrected chi connectivity index (χ2v) is 8.25. The number of sulfone groups is 1. The SMILES string of the molecule is Cc1cc(NC(=O)C(C)Sc2ccc(S(C)(=O)=O)cc2)no1. The number of thioether (sulfide) groups is 1. The molecule has 1 unspecified atom stereocenters. The number of anilines is 1. The molecule has 2 rings (SSSR count). The topological polar surface area (TPSA) is 89.3 Å². The van der Waals surface area contributed by atoms with Crippen LogP contribution in [0.4, 0.5) is 5.82 Å². The highest BCUT2D eigenvalue weighted by Gasteiger charge is 2.16. The number of carbonyl (C=O) groups is 1. The van der Waals surface area contributed by atoms with E-state index in [1.165, 1.54) is 23.9 Å². The predicted molar refractivity (Wildman–Crippen MR) is 84.7 cm³/mol. The molecule has 118 valence electrons. The predicted octanol–water partition coefficient (Wildman–Crippen LogP) is 2.51. The van der Waals surface area contributed by atoms with E-state index in [-0.39, 0.29) is 16.1 Å². The zero-order chi connectivity index (χ0) is 16.3. The number of amides is 1. The summed E-state index contributed by atoms with van der Waals surface area (Å²) in [6.45, 7) is 3.50. The van der Waals surface area contributed by atoms with Crippen molar-refractivity contribution in [2.45, 2.75) is 28.9 Å². The number of benzene rings is 1. The van der Waals surface area contributed by atoms with Crippen LogP contribution in [0.3, 0.4) is 0 Å². The lowest BCUT2D eigenvalue weighted by molar-refractivity contribution is -0.115. The van der Waals surface area contributed by atoms with Crippen molar-refractivity contribution < 1.29 is 17.7 Å². The Kier molecular flexibility index (Phi) is 4.92. The highest BCUT2D eigenvalue weighted by atomic mass is 32.2. The molecule has 0 aliphatic heterocycles. The van der Waals surface area contributed by atoms with Crippen LogP contribution < -0.4 is 5.32 Å². The van der Waals surface area contributed by atoms with Crippen molar-refractivity contribution >= 4 is 33.3 Å².